The number of hydrogen-bond acceptors (Lipinski definition) is 7. The second kappa shape index (κ2) is 9.38. The maximum atomic E-state index is 12.8. The van der Waals surface area contributed by atoms with Gasteiger partial charge in [-0.25, -0.2) is 4.98 Å². The summed E-state index contributed by atoms with van der Waals surface area (Å²) in [5.41, 5.74) is 2.33. The van der Waals surface area contributed by atoms with E-state index in [9.17, 15) is 4.79 Å². The number of halogens is 1. The first-order valence-electron chi connectivity index (χ1n) is 10.2. The number of aromatic amines is 1. The number of H-pyrrole nitrogens is 1. The fraction of sp³-hybridized carbons (Fsp3) is 0.429. The van der Waals surface area contributed by atoms with Gasteiger partial charge in [-0.1, -0.05) is 6.07 Å². The van der Waals surface area contributed by atoms with Crippen LogP contribution in [0.1, 0.15) is 18.4 Å². The molecule has 2 N–H and O–H groups in total. The zero-order chi connectivity index (χ0) is 21.8. The van der Waals surface area contributed by atoms with Crippen LogP contribution >= 0.6 is 11.6 Å². The molecule has 1 aromatic carbocycles. The largest absolute Gasteiger partial charge is 0.493 e. The van der Waals surface area contributed by atoms with Crippen LogP contribution in [0, 0.1) is 5.92 Å². The number of anilines is 1. The van der Waals surface area contributed by atoms with Crippen molar-refractivity contribution in [3.63, 3.8) is 0 Å². The molecule has 0 saturated carbocycles. The highest BCUT2D eigenvalue weighted by molar-refractivity contribution is 6.28. The average Bonchev–Trinajstić information content (AvgIpc) is 3.26. The molecule has 0 unspecified atom stereocenters. The molecule has 164 valence electrons. The molecule has 31 heavy (non-hydrogen) atoms. The first-order valence-corrected chi connectivity index (χ1v) is 10.6. The standard InChI is InChI=1S/C21H25ClN6O3/c1-30-15-6-5-13(10-16(15)31-2)7-8-23-20(29)14-4-3-9-28(11-14)19-17-18(25-12-24-17)26-21(22)27-19/h5-6,10,12,14H,3-4,7-9,11H2,1-2H3,(H,23,29)(H,24,25,26,27)/t14-/m0/s1. The normalized spacial score (nSPS) is 16.4. The van der Waals surface area contributed by atoms with Crippen LogP contribution in [0.3, 0.4) is 0 Å². The van der Waals surface area contributed by atoms with Gasteiger partial charge >= 0.3 is 0 Å². The van der Waals surface area contributed by atoms with E-state index in [-0.39, 0.29) is 17.1 Å². The minimum absolute atomic E-state index is 0.0474. The minimum Gasteiger partial charge on any atom is -0.493 e. The van der Waals surface area contributed by atoms with Crippen molar-refractivity contribution in [3.05, 3.63) is 35.4 Å². The van der Waals surface area contributed by atoms with E-state index in [1.807, 2.05) is 18.2 Å². The van der Waals surface area contributed by atoms with Gasteiger partial charge in [0, 0.05) is 19.6 Å². The molecular formula is C21H25ClN6O3. The second-order valence-electron chi connectivity index (χ2n) is 7.43. The summed E-state index contributed by atoms with van der Waals surface area (Å²) < 4.78 is 10.6. The highest BCUT2D eigenvalue weighted by Crippen LogP contribution is 2.29. The maximum Gasteiger partial charge on any atom is 0.226 e. The zero-order valence-electron chi connectivity index (χ0n) is 17.5. The summed E-state index contributed by atoms with van der Waals surface area (Å²) in [7, 11) is 3.22. The Morgan fingerprint density at radius 1 is 1.29 bits per heavy atom. The molecule has 9 nitrogen and oxygen atoms in total. The van der Waals surface area contributed by atoms with Gasteiger partial charge in [0.05, 0.1) is 26.5 Å². The van der Waals surface area contributed by atoms with Crippen LogP contribution in [-0.4, -0.2) is 59.7 Å². The lowest BCUT2D eigenvalue weighted by Crippen LogP contribution is -2.44. The molecule has 0 radical (unpaired) electrons. The number of rotatable bonds is 7. The van der Waals surface area contributed by atoms with Gasteiger partial charge in [0.15, 0.2) is 23.0 Å². The number of nitrogens with zero attached hydrogens (tertiary/aromatic N) is 4. The van der Waals surface area contributed by atoms with Crippen molar-refractivity contribution in [1.29, 1.82) is 0 Å². The van der Waals surface area contributed by atoms with Crippen LogP contribution in [0.15, 0.2) is 24.5 Å². The van der Waals surface area contributed by atoms with Gasteiger partial charge in [0.1, 0.15) is 5.52 Å². The highest BCUT2D eigenvalue weighted by Gasteiger charge is 2.28. The van der Waals surface area contributed by atoms with E-state index in [4.69, 9.17) is 21.1 Å². The van der Waals surface area contributed by atoms with Crippen LogP contribution in [0.2, 0.25) is 5.28 Å². The van der Waals surface area contributed by atoms with Gasteiger partial charge in [0.25, 0.3) is 0 Å². The molecule has 1 amide bonds. The minimum atomic E-state index is -0.120. The predicted octanol–water partition coefficient (Wildman–Crippen LogP) is 2.60. The number of benzene rings is 1. The first-order chi connectivity index (χ1) is 15.1. The Balaban J connectivity index is 1.36. The molecule has 3 aromatic rings. The van der Waals surface area contributed by atoms with Gasteiger partial charge in [-0.05, 0) is 48.6 Å². The number of fused-ring (bicyclic) bond motifs is 1. The van der Waals surface area contributed by atoms with E-state index in [1.54, 1.807) is 20.5 Å². The number of hydrogen-bond donors (Lipinski definition) is 2. The molecule has 4 rings (SSSR count). The Hall–Kier alpha value is -3.07. The van der Waals surface area contributed by atoms with E-state index >= 15 is 0 Å². The van der Waals surface area contributed by atoms with E-state index in [0.717, 1.165) is 30.5 Å². The molecule has 1 aliphatic rings. The van der Waals surface area contributed by atoms with Crippen LogP contribution in [-0.2, 0) is 11.2 Å². The number of piperidine rings is 1. The Kier molecular flexibility index (Phi) is 6.41. The number of methoxy groups -OCH3 is 2. The van der Waals surface area contributed by atoms with Crippen molar-refractivity contribution in [3.8, 4) is 11.5 Å². The Morgan fingerprint density at radius 3 is 2.94 bits per heavy atom. The zero-order valence-corrected chi connectivity index (χ0v) is 18.3. The number of nitrogens with one attached hydrogen (secondary N) is 2. The molecule has 1 fully saturated rings. The van der Waals surface area contributed by atoms with E-state index in [2.05, 4.69) is 30.2 Å². The molecule has 10 heteroatoms. The Bertz CT molecular complexity index is 1070. The molecule has 0 aliphatic carbocycles. The second-order valence-corrected chi connectivity index (χ2v) is 7.77. The number of imidazole rings is 1. The SMILES string of the molecule is COc1ccc(CCNC(=O)[C@H]2CCCN(c3nc(Cl)nc4nc[nH]c34)C2)cc1OC. The maximum absolute atomic E-state index is 12.8. The number of ether oxygens (including phenoxy) is 2. The monoisotopic (exact) mass is 444 g/mol. The summed E-state index contributed by atoms with van der Waals surface area (Å²) in [6.45, 7) is 1.93. The predicted molar refractivity (Wildman–Crippen MR) is 118 cm³/mol. The summed E-state index contributed by atoms with van der Waals surface area (Å²) in [5.74, 6) is 1.99. The van der Waals surface area contributed by atoms with Crippen molar-refractivity contribution in [1.82, 2.24) is 25.3 Å². The molecule has 1 atom stereocenters. The summed E-state index contributed by atoms with van der Waals surface area (Å²) in [4.78, 5) is 30.6. The molecule has 3 heterocycles. The molecule has 0 bridgehead atoms. The van der Waals surface area contributed by atoms with Gasteiger partial charge in [-0.15, -0.1) is 0 Å². The van der Waals surface area contributed by atoms with E-state index in [1.165, 1.54) is 0 Å². The van der Waals surface area contributed by atoms with Crippen molar-refractivity contribution in [2.45, 2.75) is 19.3 Å². The Labute approximate surface area is 185 Å². The number of aromatic nitrogens is 4. The smallest absolute Gasteiger partial charge is 0.226 e. The first kappa shape index (κ1) is 21.2. The lowest BCUT2D eigenvalue weighted by molar-refractivity contribution is -0.125. The third-order valence-electron chi connectivity index (χ3n) is 5.49. The van der Waals surface area contributed by atoms with Crippen LogP contribution < -0.4 is 19.7 Å². The van der Waals surface area contributed by atoms with E-state index in [0.29, 0.717) is 42.5 Å². The van der Waals surface area contributed by atoms with Crippen LogP contribution in [0.25, 0.3) is 11.2 Å². The third kappa shape index (κ3) is 4.66. The number of carbonyl (C=O) groups excluding carboxylic acids is 1. The highest BCUT2D eigenvalue weighted by atomic mass is 35.5. The summed E-state index contributed by atoms with van der Waals surface area (Å²) in [5, 5.41) is 3.22. The van der Waals surface area contributed by atoms with Crippen molar-refractivity contribution in [2.75, 3.05) is 38.8 Å². The fourth-order valence-electron chi connectivity index (χ4n) is 3.91. The summed E-state index contributed by atoms with van der Waals surface area (Å²) in [6, 6.07) is 5.78. The van der Waals surface area contributed by atoms with Crippen molar-refractivity contribution < 1.29 is 14.3 Å². The van der Waals surface area contributed by atoms with Gasteiger partial charge in [-0.2, -0.15) is 9.97 Å². The lowest BCUT2D eigenvalue weighted by Gasteiger charge is -2.33. The number of carbonyl (C=O) groups is 1. The van der Waals surface area contributed by atoms with Gasteiger partial charge < -0.3 is 24.7 Å². The molecule has 0 spiro atoms. The van der Waals surface area contributed by atoms with Crippen molar-refractivity contribution >= 4 is 34.5 Å². The molecule has 1 saturated heterocycles. The molecule has 1 aliphatic heterocycles. The topological polar surface area (TPSA) is 105 Å². The fourth-order valence-corrected chi connectivity index (χ4v) is 4.08. The average molecular weight is 445 g/mol. The van der Waals surface area contributed by atoms with Crippen molar-refractivity contribution in [2.24, 2.45) is 5.92 Å². The summed E-state index contributed by atoms with van der Waals surface area (Å²) >= 11 is 6.07. The third-order valence-corrected chi connectivity index (χ3v) is 5.66. The van der Waals surface area contributed by atoms with Gasteiger partial charge in [-0.3, -0.25) is 4.79 Å². The lowest BCUT2D eigenvalue weighted by atomic mass is 9.97. The van der Waals surface area contributed by atoms with Crippen LogP contribution in [0.5, 0.6) is 11.5 Å². The number of amides is 1. The van der Waals surface area contributed by atoms with Crippen LogP contribution in [0.4, 0.5) is 5.82 Å². The summed E-state index contributed by atoms with van der Waals surface area (Å²) in [6.07, 6.45) is 4.01. The quantitative estimate of drug-likeness (QED) is 0.539. The Morgan fingerprint density at radius 2 is 2.13 bits per heavy atom. The molecular weight excluding hydrogens is 420 g/mol. The molecule has 2 aromatic heterocycles. The van der Waals surface area contributed by atoms with E-state index < -0.39 is 0 Å². The van der Waals surface area contributed by atoms with Gasteiger partial charge in [0.2, 0.25) is 11.2 Å².